The Morgan fingerprint density at radius 2 is 1.75 bits per heavy atom. The zero-order valence-electron chi connectivity index (χ0n) is 9.73. The standard InChI is InChI=1S/C12H7F5N2O/c13-6-1-2-7(10(3-6)20-12(16)17)8-4-19-9(5-18-8)11(14)15/h1-5,11-12H. The van der Waals surface area contributed by atoms with E-state index in [9.17, 15) is 22.0 Å². The van der Waals surface area contributed by atoms with E-state index in [0.29, 0.717) is 0 Å². The van der Waals surface area contributed by atoms with Crippen molar-refractivity contribution in [3.63, 3.8) is 0 Å². The molecule has 8 heteroatoms. The summed E-state index contributed by atoms with van der Waals surface area (Å²) in [7, 11) is 0. The average Bonchev–Trinajstić information content (AvgIpc) is 2.38. The molecule has 0 amide bonds. The lowest BCUT2D eigenvalue weighted by Crippen LogP contribution is -2.04. The highest BCUT2D eigenvalue weighted by Crippen LogP contribution is 2.30. The third-order valence-electron chi connectivity index (χ3n) is 2.33. The van der Waals surface area contributed by atoms with E-state index in [0.717, 1.165) is 30.6 Å². The monoisotopic (exact) mass is 290 g/mol. The topological polar surface area (TPSA) is 35.0 Å². The van der Waals surface area contributed by atoms with E-state index in [-0.39, 0.29) is 11.3 Å². The summed E-state index contributed by atoms with van der Waals surface area (Å²) in [5.74, 6) is -1.22. The molecule has 0 bridgehead atoms. The van der Waals surface area contributed by atoms with Crippen LogP contribution in [0.1, 0.15) is 12.1 Å². The number of rotatable bonds is 4. The summed E-state index contributed by atoms with van der Waals surface area (Å²) < 4.78 is 66.3. The third-order valence-corrected chi connectivity index (χ3v) is 2.33. The molecule has 106 valence electrons. The van der Waals surface area contributed by atoms with Crippen molar-refractivity contribution in [3.8, 4) is 17.0 Å². The Morgan fingerprint density at radius 3 is 2.30 bits per heavy atom. The Bertz CT molecular complexity index is 589. The first-order chi connectivity index (χ1) is 9.47. The van der Waals surface area contributed by atoms with Crippen molar-refractivity contribution in [3.05, 3.63) is 42.1 Å². The predicted molar refractivity (Wildman–Crippen MR) is 59.0 cm³/mol. The van der Waals surface area contributed by atoms with Gasteiger partial charge in [-0.25, -0.2) is 13.2 Å². The fourth-order valence-corrected chi connectivity index (χ4v) is 1.49. The maximum absolute atomic E-state index is 13.0. The van der Waals surface area contributed by atoms with Crippen molar-refractivity contribution in [2.45, 2.75) is 13.0 Å². The van der Waals surface area contributed by atoms with E-state index in [4.69, 9.17) is 0 Å². The first kappa shape index (κ1) is 14.2. The maximum Gasteiger partial charge on any atom is 0.387 e. The van der Waals surface area contributed by atoms with Gasteiger partial charge in [0.2, 0.25) is 0 Å². The molecule has 1 aromatic heterocycles. The van der Waals surface area contributed by atoms with Crippen molar-refractivity contribution in [1.29, 1.82) is 0 Å². The molecule has 1 heterocycles. The molecule has 0 fully saturated rings. The van der Waals surface area contributed by atoms with Crippen LogP contribution in [0.5, 0.6) is 5.75 Å². The van der Waals surface area contributed by atoms with Gasteiger partial charge in [-0.05, 0) is 12.1 Å². The summed E-state index contributed by atoms with van der Waals surface area (Å²) >= 11 is 0. The van der Waals surface area contributed by atoms with Crippen LogP contribution < -0.4 is 4.74 Å². The first-order valence-electron chi connectivity index (χ1n) is 5.32. The van der Waals surface area contributed by atoms with Crippen molar-refractivity contribution < 1.29 is 26.7 Å². The summed E-state index contributed by atoms with van der Waals surface area (Å²) in [6, 6.07) is 2.92. The van der Waals surface area contributed by atoms with Crippen LogP contribution >= 0.6 is 0 Å². The average molecular weight is 290 g/mol. The largest absolute Gasteiger partial charge is 0.434 e. The fraction of sp³-hybridized carbons (Fsp3) is 0.167. The Kier molecular flexibility index (Phi) is 4.11. The van der Waals surface area contributed by atoms with Gasteiger partial charge in [0.15, 0.2) is 0 Å². The van der Waals surface area contributed by atoms with Crippen LogP contribution in [-0.4, -0.2) is 16.6 Å². The van der Waals surface area contributed by atoms with E-state index >= 15 is 0 Å². The van der Waals surface area contributed by atoms with Gasteiger partial charge in [0, 0.05) is 11.6 Å². The van der Waals surface area contributed by atoms with Crippen LogP contribution in [0.2, 0.25) is 0 Å². The number of halogens is 5. The van der Waals surface area contributed by atoms with Crippen LogP contribution in [0.25, 0.3) is 11.3 Å². The second-order valence-corrected chi connectivity index (χ2v) is 3.65. The van der Waals surface area contributed by atoms with Crippen LogP contribution in [0.15, 0.2) is 30.6 Å². The van der Waals surface area contributed by atoms with Crippen molar-refractivity contribution in [1.82, 2.24) is 9.97 Å². The summed E-state index contributed by atoms with van der Waals surface area (Å²) in [5.41, 5.74) is -0.503. The lowest BCUT2D eigenvalue weighted by atomic mass is 10.1. The number of ether oxygens (including phenoxy) is 1. The minimum absolute atomic E-state index is 0.0186. The summed E-state index contributed by atoms with van der Waals surface area (Å²) in [6.45, 7) is -3.15. The van der Waals surface area contributed by atoms with Gasteiger partial charge in [-0.15, -0.1) is 0 Å². The highest BCUT2D eigenvalue weighted by atomic mass is 19.3. The quantitative estimate of drug-likeness (QED) is 0.803. The van der Waals surface area contributed by atoms with E-state index in [1.54, 1.807) is 0 Å². The fourth-order valence-electron chi connectivity index (χ4n) is 1.49. The molecule has 20 heavy (non-hydrogen) atoms. The SMILES string of the molecule is Fc1ccc(-c2cnc(C(F)F)cn2)c(OC(F)F)c1. The highest BCUT2D eigenvalue weighted by Gasteiger charge is 2.15. The molecule has 0 aliphatic carbocycles. The van der Waals surface area contributed by atoms with Crippen LogP contribution in [0.3, 0.4) is 0 Å². The lowest BCUT2D eigenvalue weighted by molar-refractivity contribution is -0.0496. The molecule has 0 saturated carbocycles. The highest BCUT2D eigenvalue weighted by molar-refractivity contribution is 5.66. The second kappa shape index (κ2) is 5.81. The minimum Gasteiger partial charge on any atom is -0.434 e. The van der Waals surface area contributed by atoms with Crippen molar-refractivity contribution >= 4 is 0 Å². The Hall–Kier alpha value is -2.25. The Morgan fingerprint density at radius 1 is 1.00 bits per heavy atom. The zero-order valence-corrected chi connectivity index (χ0v) is 9.73. The molecule has 2 rings (SSSR count). The summed E-state index contributed by atoms with van der Waals surface area (Å²) in [5, 5.41) is 0. The van der Waals surface area contributed by atoms with Gasteiger partial charge < -0.3 is 4.74 Å². The van der Waals surface area contributed by atoms with Gasteiger partial charge in [-0.1, -0.05) is 0 Å². The Balaban J connectivity index is 2.40. The van der Waals surface area contributed by atoms with Crippen molar-refractivity contribution in [2.24, 2.45) is 0 Å². The van der Waals surface area contributed by atoms with Gasteiger partial charge in [0.05, 0.1) is 18.1 Å². The number of alkyl halides is 4. The third kappa shape index (κ3) is 3.19. The molecule has 0 atom stereocenters. The van der Waals surface area contributed by atoms with Gasteiger partial charge in [-0.2, -0.15) is 8.78 Å². The van der Waals surface area contributed by atoms with Crippen molar-refractivity contribution in [2.75, 3.05) is 0 Å². The number of aromatic nitrogens is 2. The molecule has 0 unspecified atom stereocenters. The Labute approximate surface area is 110 Å². The molecule has 0 N–H and O–H groups in total. The molecule has 2 aromatic rings. The zero-order chi connectivity index (χ0) is 14.7. The minimum atomic E-state index is -3.15. The molecule has 0 aliphatic rings. The van der Waals surface area contributed by atoms with Gasteiger partial charge >= 0.3 is 6.61 Å². The van der Waals surface area contributed by atoms with E-state index in [1.807, 2.05) is 0 Å². The number of hydrogen-bond acceptors (Lipinski definition) is 3. The van der Waals surface area contributed by atoms with Gasteiger partial charge in [0.1, 0.15) is 17.3 Å². The molecule has 0 spiro atoms. The molecule has 0 radical (unpaired) electrons. The van der Waals surface area contributed by atoms with Crippen LogP contribution in [-0.2, 0) is 0 Å². The summed E-state index contributed by atoms with van der Waals surface area (Å²) in [4.78, 5) is 7.13. The van der Waals surface area contributed by atoms with Crippen LogP contribution in [0.4, 0.5) is 22.0 Å². The normalized spacial score (nSPS) is 11.2. The predicted octanol–water partition coefficient (Wildman–Crippen LogP) is 3.82. The van der Waals surface area contributed by atoms with E-state index < -0.39 is 30.3 Å². The van der Waals surface area contributed by atoms with Gasteiger partial charge in [0.25, 0.3) is 6.43 Å². The number of nitrogens with zero attached hydrogens (tertiary/aromatic N) is 2. The summed E-state index contributed by atoms with van der Waals surface area (Å²) in [6.07, 6.45) is -0.996. The molecule has 0 aliphatic heterocycles. The van der Waals surface area contributed by atoms with E-state index in [2.05, 4.69) is 14.7 Å². The smallest absolute Gasteiger partial charge is 0.387 e. The second-order valence-electron chi connectivity index (χ2n) is 3.65. The molecular weight excluding hydrogens is 283 g/mol. The first-order valence-corrected chi connectivity index (χ1v) is 5.32. The lowest BCUT2D eigenvalue weighted by Gasteiger charge is -2.10. The molecule has 1 aromatic carbocycles. The molecular formula is C12H7F5N2O. The van der Waals surface area contributed by atoms with Crippen LogP contribution in [0, 0.1) is 5.82 Å². The maximum atomic E-state index is 13.0. The molecule has 0 saturated heterocycles. The number of benzene rings is 1. The molecule has 3 nitrogen and oxygen atoms in total. The van der Waals surface area contributed by atoms with E-state index in [1.165, 1.54) is 0 Å². The van der Waals surface area contributed by atoms with Gasteiger partial charge in [-0.3, -0.25) is 9.97 Å². The number of hydrogen-bond donors (Lipinski definition) is 0.